The number of carbonyl (C=O) groups excluding carboxylic acids is 1. The van der Waals surface area contributed by atoms with Gasteiger partial charge in [-0.05, 0) is 19.3 Å². The lowest BCUT2D eigenvalue weighted by molar-refractivity contribution is -0.203. The van der Waals surface area contributed by atoms with E-state index >= 15 is 0 Å². The van der Waals surface area contributed by atoms with E-state index in [1.54, 1.807) is 7.11 Å². The van der Waals surface area contributed by atoms with Crippen molar-refractivity contribution in [2.45, 2.75) is 59.2 Å². The Labute approximate surface area is 98.5 Å². The van der Waals surface area contributed by atoms with E-state index in [2.05, 4.69) is 6.92 Å². The van der Waals surface area contributed by atoms with Crippen LogP contribution in [0.4, 0.5) is 0 Å². The molecule has 1 rings (SSSR count). The summed E-state index contributed by atoms with van der Waals surface area (Å²) in [6, 6.07) is 0. The standard InChI is InChI=1S/C13H24O3/c1-5-10(2)11(14)16-12(15-4)13(3)8-6-7-9-13/h10,12H,5-9H2,1-4H3. The normalized spacial score (nSPS) is 22.8. The van der Waals surface area contributed by atoms with Gasteiger partial charge in [-0.25, -0.2) is 0 Å². The number of esters is 1. The summed E-state index contributed by atoms with van der Waals surface area (Å²) in [6.07, 6.45) is 5.01. The molecule has 0 amide bonds. The molecule has 0 aromatic carbocycles. The van der Waals surface area contributed by atoms with Crippen LogP contribution in [0.2, 0.25) is 0 Å². The van der Waals surface area contributed by atoms with Crippen LogP contribution in [0.3, 0.4) is 0 Å². The number of ether oxygens (including phenoxy) is 2. The van der Waals surface area contributed by atoms with E-state index < -0.39 is 0 Å². The average molecular weight is 228 g/mol. The predicted octanol–water partition coefficient (Wildman–Crippen LogP) is 3.13. The quantitative estimate of drug-likeness (QED) is 0.535. The van der Waals surface area contributed by atoms with Crippen molar-refractivity contribution in [3.8, 4) is 0 Å². The van der Waals surface area contributed by atoms with Crippen molar-refractivity contribution in [3.63, 3.8) is 0 Å². The molecule has 1 fully saturated rings. The van der Waals surface area contributed by atoms with Crippen molar-refractivity contribution in [2.24, 2.45) is 11.3 Å². The van der Waals surface area contributed by atoms with Crippen LogP contribution >= 0.6 is 0 Å². The van der Waals surface area contributed by atoms with Crippen LogP contribution in [-0.4, -0.2) is 19.4 Å². The predicted molar refractivity (Wildman–Crippen MR) is 62.9 cm³/mol. The highest BCUT2D eigenvalue weighted by Crippen LogP contribution is 2.42. The Bertz CT molecular complexity index is 231. The maximum Gasteiger partial charge on any atom is 0.310 e. The van der Waals surface area contributed by atoms with Crippen LogP contribution in [0.25, 0.3) is 0 Å². The van der Waals surface area contributed by atoms with Crippen molar-refractivity contribution in [1.29, 1.82) is 0 Å². The number of hydrogen-bond donors (Lipinski definition) is 0. The second kappa shape index (κ2) is 5.67. The number of methoxy groups -OCH3 is 1. The van der Waals surface area contributed by atoms with E-state index in [-0.39, 0.29) is 23.6 Å². The van der Waals surface area contributed by atoms with E-state index in [9.17, 15) is 4.79 Å². The first-order valence-electron chi connectivity index (χ1n) is 6.27. The molecule has 16 heavy (non-hydrogen) atoms. The molecule has 0 bridgehead atoms. The Hall–Kier alpha value is -0.570. The summed E-state index contributed by atoms with van der Waals surface area (Å²) >= 11 is 0. The van der Waals surface area contributed by atoms with Gasteiger partial charge < -0.3 is 9.47 Å². The summed E-state index contributed by atoms with van der Waals surface area (Å²) < 4.78 is 10.8. The molecule has 1 aliphatic carbocycles. The van der Waals surface area contributed by atoms with Gasteiger partial charge in [0.2, 0.25) is 6.29 Å². The fourth-order valence-corrected chi connectivity index (χ4v) is 2.28. The van der Waals surface area contributed by atoms with Crippen molar-refractivity contribution in [1.82, 2.24) is 0 Å². The molecule has 0 heterocycles. The van der Waals surface area contributed by atoms with E-state index in [0.717, 1.165) is 19.3 Å². The molecule has 3 nitrogen and oxygen atoms in total. The third-order valence-electron chi connectivity index (χ3n) is 3.77. The van der Waals surface area contributed by atoms with Crippen molar-refractivity contribution in [2.75, 3.05) is 7.11 Å². The Morgan fingerprint density at radius 2 is 1.94 bits per heavy atom. The highest BCUT2D eigenvalue weighted by Gasteiger charge is 2.40. The monoisotopic (exact) mass is 228 g/mol. The molecule has 0 radical (unpaired) electrons. The SMILES string of the molecule is CCC(C)C(=O)OC(OC)C1(C)CCCC1. The molecule has 0 N–H and O–H groups in total. The van der Waals surface area contributed by atoms with E-state index in [1.807, 2.05) is 13.8 Å². The largest absolute Gasteiger partial charge is 0.435 e. The second-order valence-corrected chi connectivity index (χ2v) is 5.17. The summed E-state index contributed by atoms with van der Waals surface area (Å²) in [4.78, 5) is 11.7. The lowest BCUT2D eigenvalue weighted by Crippen LogP contribution is -2.37. The molecule has 0 aromatic heterocycles. The lowest BCUT2D eigenvalue weighted by atomic mass is 9.88. The van der Waals surface area contributed by atoms with Gasteiger partial charge in [-0.3, -0.25) is 4.79 Å². The van der Waals surface area contributed by atoms with Gasteiger partial charge in [-0.2, -0.15) is 0 Å². The molecule has 1 saturated carbocycles. The molecule has 0 aromatic rings. The van der Waals surface area contributed by atoms with Crippen LogP contribution in [0.15, 0.2) is 0 Å². The molecule has 1 aliphatic rings. The Balaban J connectivity index is 2.58. The Kier molecular flexibility index (Phi) is 4.78. The number of rotatable bonds is 5. The van der Waals surface area contributed by atoms with Gasteiger partial charge in [0.25, 0.3) is 0 Å². The topological polar surface area (TPSA) is 35.5 Å². The zero-order valence-corrected chi connectivity index (χ0v) is 10.9. The molecule has 0 saturated heterocycles. The van der Waals surface area contributed by atoms with Crippen LogP contribution in [0.1, 0.15) is 52.9 Å². The van der Waals surface area contributed by atoms with Crippen molar-refractivity contribution < 1.29 is 14.3 Å². The molecular formula is C13H24O3. The van der Waals surface area contributed by atoms with Crippen LogP contribution in [0.5, 0.6) is 0 Å². The summed E-state index contributed by atoms with van der Waals surface area (Å²) in [5.41, 5.74) is 0.0118. The maximum absolute atomic E-state index is 11.7. The zero-order chi connectivity index (χ0) is 12.2. The molecule has 2 unspecified atom stereocenters. The second-order valence-electron chi connectivity index (χ2n) is 5.17. The summed E-state index contributed by atoms with van der Waals surface area (Å²) in [6.45, 7) is 6.04. The van der Waals surface area contributed by atoms with Gasteiger partial charge in [0.05, 0.1) is 5.92 Å². The molecule has 94 valence electrons. The van der Waals surface area contributed by atoms with E-state index in [0.29, 0.717) is 0 Å². The molecular weight excluding hydrogens is 204 g/mol. The first kappa shape index (κ1) is 13.5. The highest BCUT2D eigenvalue weighted by atomic mass is 16.7. The minimum Gasteiger partial charge on any atom is -0.435 e. The molecule has 0 spiro atoms. The first-order chi connectivity index (χ1) is 7.53. The Morgan fingerprint density at radius 3 is 2.38 bits per heavy atom. The molecule has 2 atom stereocenters. The third-order valence-corrected chi connectivity index (χ3v) is 3.77. The van der Waals surface area contributed by atoms with Crippen LogP contribution in [-0.2, 0) is 14.3 Å². The van der Waals surface area contributed by atoms with Crippen LogP contribution in [0, 0.1) is 11.3 Å². The van der Waals surface area contributed by atoms with Gasteiger partial charge >= 0.3 is 5.97 Å². The Morgan fingerprint density at radius 1 is 1.38 bits per heavy atom. The minimum atomic E-state index is -0.378. The smallest absolute Gasteiger partial charge is 0.310 e. The molecule has 3 heteroatoms. The van der Waals surface area contributed by atoms with E-state index in [4.69, 9.17) is 9.47 Å². The van der Waals surface area contributed by atoms with Gasteiger partial charge in [0, 0.05) is 12.5 Å². The van der Waals surface area contributed by atoms with E-state index in [1.165, 1.54) is 12.8 Å². The summed E-state index contributed by atoms with van der Waals surface area (Å²) in [5, 5.41) is 0. The zero-order valence-electron chi connectivity index (χ0n) is 10.9. The molecule has 0 aliphatic heterocycles. The summed E-state index contributed by atoms with van der Waals surface area (Å²) in [5.74, 6) is -0.176. The fraction of sp³-hybridized carbons (Fsp3) is 0.923. The first-order valence-corrected chi connectivity index (χ1v) is 6.27. The number of hydrogen-bond acceptors (Lipinski definition) is 3. The third kappa shape index (κ3) is 2.97. The summed E-state index contributed by atoms with van der Waals surface area (Å²) in [7, 11) is 1.62. The average Bonchev–Trinajstić information content (AvgIpc) is 2.72. The van der Waals surface area contributed by atoms with Gasteiger partial charge in [-0.15, -0.1) is 0 Å². The van der Waals surface area contributed by atoms with Crippen LogP contribution < -0.4 is 0 Å². The van der Waals surface area contributed by atoms with Crippen molar-refractivity contribution in [3.05, 3.63) is 0 Å². The van der Waals surface area contributed by atoms with Gasteiger partial charge in [0.15, 0.2) is 0 Å². The van der Waals surface area contributed by atoms with Gasteiger partial charge in [0.1, 0.15) is 0 Å². The highest BCUT2D eigenvalue weighted by molar-refractivity contribution is 5.72. The fourth-order valence-electron chi connectivity index (χ4n) is 2.28. The van der Waals surface area contributed by atoms with Gasteiger partial charge in [-0.1, -0.05) is 33.6 Å². The maximum atomic E-state index is 11.7. The number of carbonyl (C=O) groups is 1. The van der Waals surface area contributed by atoms with Crippen molar-refractivity contribution >= 4 is 5.97 Å². The lowest BCUT2D eigenvalue weighted by Gasteiger charge is -2.32. The minimum absolute atomic E-state index is 0.0118.